The Hall–Kier alpha value is -2.05. The molecule has 1 amide bonds. The van der Waals surface area contributed by atoms with E-state index in [1.807, 2.05) is 0 Å². The van der Waals surface area contributed by atoms with Crippen LogP contribution in [0, 0.1) is 5.92 Å². The van der Waals surface area contributed by atoms with Gasteiger partial charge < -0.3 is 10.0 Å². The largest absolute Gasteiger partial charge is 0.478 e. The Bertz CT molecular complexity index is 563. The number of amides is 1. The van der Waals surface area contributed by atoms with Gasteiger partial charge in [0.2, 0.25) is 5.91 Å². The second-order valence-electron chi connectivity index (χ2n) is 5.38. The van der Waals surface area contributed by atoms with Crippen LogP contribution in [0.3, 0.4) is 0 Å². The molecular formula is C15H16F3NO3. The summed E-state index contributed by atoms with van der Waals surface area (Å²) in [6, 6.07) is 6.00. The Morgan fingerprint density at radius 2 is 1.86 bits per heavy atom. The van der Waals surface area contributed by atoms with Crippen molar-refractivity contribution in [1.29, 1.82) is 0 Å². The first kappa shape index (κ1) is 16.3. The maximum atomic E-state index is 12.6. The van der Waals surface area contributed by atoms with Crippen molar-refractivity contribution >= 4 is 11.9 Å². The van der Waals surface area contributed by atoms with Crippen LogP contribution in [0.15, 0.2) is 24.3 Å². The number of carbonyl (C=O) groups excluding carboxylic acids is 1. The minimum atomic E-state index is -4.20. The van der Waals surface area contributed by atoms with Gasteiger partial charge in [-0.3, -0.25) is 4.79 Å². The molecule has 0 atom stereocenters. The van der Waals surface area contributed by atoms with Crippen LogP contribution < -0.4 is 0 Å². The zero-order valence-electron chi connectivity index (χ0n) is 11.8. The summed E-state index contributed by atoms with van der Waals surface area (Å²) < 4.78 is 37.7. The number of piperidine rings is 1. The van der Waals surface area contributed by atoms with Crippen molar-refractivity contribution in [2.24, 2.45) is 5.92 Å². The standard InChI is InChI=1S/C15H16F3NO3/c16-15(17,18)12-4-6-19(7-5-12)13(20)9-10-2-1-3-11(8-10)14(21)22/h1-3,8,12H,4-7,9H2,(H,21,22). The van der Waals surface area contributed by atoms with Crippen LogP contribution in [0.2, 0.25) is 0 Å². The fourth-order valence-electron chi connectivity index (χ4n) is 2.56. The zero-order valence-corrected chi connectivity index (χ0v) is 11.8. The number of hydrogen-bond donors (Lipinski definition) is 1. The predicted molar refractivity (Wildman–Crippen MR) is 72.5 cm³/mol. The van der Waals surface area contributed by atoms with E-state index in [0.717, 1.165) is 0 Å². The van der Waals surface area contributed by atoms with Crippen molar-refractivity contribution in [2.75, 3.05) is 13.1 Å². The number of carbonyl (C=O) groups is 2. The Morgan fingerprint density at radius 3 is 2.41 bits per heavy atom. The molecule has 0 aromatic heterocycles. The van der Waals surface area contributed by atoms with E-state index < -0.39 is 18.1 Å². The number of carboxylic acids is 1. The lowest BCUT2D eigenvalue weighted by Gasteiger charge is -2.33. The highest BCUT2D eigenvalue weighted by molar-refractivity contribution is 5.88. The van der Waals surface area contributed by atoms with Gasteiger partial charge in [0.15, 0.2) is 0 Å². The first-order valence-corrected chi connectivity index (χ1v) is 6.94. The molecule has 0 aliphatic carbocycles. The summed E-state index contributed by atoms with van der Waals surface area (Å²) in [6.45, 7) is 0.170. The average molecular weight is 315 g/mol. The molecule has 4 nitrogen and oxygen atoms in total. The minimum absolute atomic E-state index is 0.00218. The molecule has 0 bridgehead atoms. The summed E-state index contributed by atoms with van der Waals surface area (Å²) in [5, 5.41) is 8.90. The summed E-state index contributed by atoms with van der Waals surface area (Å²) in [5.74, 6) is -2.70. The van der Waals surface area contributed by atoms with E-state index in [1.165, 1.54) is 17.0 Å². The quantitative estimate of drug-likeness (QED) is 0.933. The third-order valence-electron chi connectivity index (χ3n) is 3.84. The topological polar surface area (TPSA) is 57.6 Å². The number of likely N-dealkylation sites (tertiary alicyclic amines) is 1. The van der Waals surface area contributed by atoms with Crippen LogP contribution in [0.5, 0.6) is 0 Å². The average Bonchev–Trinajstić information content (AvgIpc) is 2.46. The monoisotopic (exact) mass is 315 g/mol. The Kier molecular flexibility index (Phi) is 4.73. The lowest BCUT2D eigenvalue weighted by atomic mass is 9.96. The van der Waals surface area contributed by atoms with E-state index in [9.17, 15) is 22.8 Å². The fraction of sp³-hybridized carbons (Fsp3) is 0.467. The highest BCUT2D eigenvalue weighted by Crippen LogP contribution is 2.34. The SMILES string of the molecule is O=C(O)c1cccc(CC(=O)N2CCC(C(F)(F)F)CC2)c1. The van der Waals surface area contributed by atoms with Crippen LogP contribution in [-0.2, 0) is 11.2 Å². The predicted octanol–water partition coefficient (Wildman–Crippen LogP) is 2.73. The molecule has 0 spiro atoms. The van der Waals surface area contributed by atoms with E-state index in [2.05, 4.69) is 0 Å². The van der Waals surface area contributed by atoms with Crippen LogP contribution in [0.4, 0.5) is 13.2 Å². The maximum absolute atomic E-state index is 12.6. The molecule has 1 aromatic carbocycles. The smallest absolute Gasteiger partial charge is 0.391 e. The van der Waals surface area contributed by atoms with E-state index in [0.29, 0.717) is 5.56 Å². The molecule has 7 heteroatoms. The number of rotatable bonds is 3. The Labute approximate surface area is 125 Å². The summed E-state index contributed by atoms with van der Waals surface area (Å²) in [5.41, 5.74) is 0.629. The number of halogens is 3. The summed E-state index contributed by atoms with van der Waals surface area (Å²) in [4.78, 5) is 24.4. The normalized spacial score (nSPS) is 16.6. The number of benzene rings is 1. The van der Waals surface area contributed by atoms with Crippen LogP contribution in [0.25, 0.3) is 0 Å². The van der Waals surface area contributed by atoms with Crippen molar-refractivity contribution in [1.82, 2.24) is 4.90 Å². The minimum Gasteiger partial charge on any atom is -0.478 e. The summed E-state index contributed by atoms with van der Waals surface area (Å²) >= 11 is 0. The van der Waals surface area contributed by atoms with Crippen LogP contribution in [0.1, 0.15) is 28.8 Å². The second kappa shape index (κ2) is 6.37. The molecule has 1 fully saturated rings. The Morgan fingerprint density at radius 1 is 1.23 bits per heavy atom. The maximum Gasteiger partial charge on any atom is 0.391 e. The molecule has 2 rings (SSSR count). The Balaban J connectivity index is 1.94. The van der Waals surface area contributed by atoms with Crippen molar-refractivity contribution in [2.45, 2.75) is 25.4 Å². The second-order valence-corrected chi connectivity index (χ2v) is 5.38. The highest BCUT2D eigenvalue weighted by Gasteiger charge is 2.41. The van der Waals surface area contributed by atoms with Gasteiger partial charge in [0.25, 0.3) is 0 Å². The molecule has 1 aliphatic heterocycles. The van der Waals surface area contributed by atoms with Crippen molar-refractivity contribution in [3.05, 3.63) is 35.4 Å². The molecule has 1 N–H and O–H groups in total. The van der Waals surface area contributed by atoms with Gasteiger partial charge in [-0.1, -0.05) is 12.1 Å². The van der Waals surface area contributed by atoms with E-state index in [4.69, 9.17) is 5.11 Å². The van der Waals surface area contributed by atoms with E-state index >= 15 is 0 Å². The summed E-state index contributed by atoms with van der Waals surface area (Å²) in [6.07, 6.45) is -4.36. The number of aromatic carboxylic acids is 1. The van der Waals surface area contributed by atoms with Gasteiger partial charge >= 0.3 is 12.1 Å². The molecule has 22 heavy (non-hydrogen) atoms. The molecular weight excluding hydrogens is 299 g/mol. The van der Waals surface area contributed by atoms with E-state index in [-0.39, 0.29) is 43.8 Å². The first-order valence-electron chi connectivity index (χ1n) is 6.94. The molecule has 1 saturated heterocycles. The molecule has 1 aromatic rings. The van der Waals surface area contributed by atoms with Gasteiger partial charge in [0.1, 0.15) is 0 Å². The lowest BCUT2D eigenvalue weighted by Crippen LogP contribution is -2.42. The van der Waals surface area contributed by atoms with Crippen LogP contribution in [-0.4, -0.2) is 41.1 Å². The molecule has 0 radical (unpaired) electrons. The highest BCUT2D eigenvalue weighted by atomic mass is 19.4. The third kappa shape index (κ3) is 3.99. The van der Waals surface area contributed by atoms with Gasteiger partial charge in [0.05, 0.1) is 17.9 Å². The van der Waals surface area contributed by atoms with E-state index in [1.54, 1.807) is 12.1 Å². The van der Waals surface area contributed by atoms with Gasteiger partial charge in [-0.2, -0.15) is 13.2 Å². The third-order valence-corrected chi connectivity index (χ3v) is 3.84. The number of nitrogens with zero attached hydrogens (tertiary/aromatic N) is 1. The lowest BCUT2D eigenvalue weighted by molar-refractivity contribution is -0.186. The van der Waals surface area contributed by atoms with Gasteiger partial charge in [0, 0.05) is 13.1 Å². The molecule has 120 valence electrons. The van der Waals surface area contributed by atoms with Gasteiger partial charge in [-0.05, 0) is 30.5 Å². The first-order chi connectivity index (χ1) is 10.3. The number of carboxylic acid groups (broad SMARTS) is 1. The van der Waals surface area contributed by atoms with Crippen molar-refractivity contribution < 1.29 is 27.9 Å². The molecule has 1 heterocycles. The van der Waals surface area contributed by atoms with Gasteiger partial charge in [-0.15, -0.1) is 0 Å². The van der Waals surface area contributed by atoms with Crippen LogP contribution >= 0.6 is 0 Å². The van der Waals surface area contributed by atoms with Crippen molar-refractivity contribution in [3.8, 4) is 0 Å². The van der Waals surface area contributed by atoms with Crippen molar-refractivity contribution in [3.63, 3.8) is 0 Å². The molecule has 1 aliphatic rings. The number of hydrogen-bond acceptors (Lipinski definition) is 2. The molecule has 0 unspecified atom stereocenters. The van der Waals surface area contributed by atoms with Gasteiger partial charge in [-0.25, -0.2) is 4.79 Å². The zero-order chi connectivity index (χ0) is 16.3. The fourth-order valence-corrected chi connectivity index (χ4v) is 2.56. The molecule has 0 saturated carbocycles. The summed E-state index contributed by atoms with van der Waals surface area (Å²) in [7, 11) is 0. The number of alkyl halides is 3.